The highest BCUT2D eigenvalue weighted by Gasteiger charge is 2.30. The van der Waals surface area contributed by atoms with Gasteiger partial charge in [0, 0.05) is 0 Å². The predicted octanol–water partition coefficient (Wildman–Crippen LogP) is 5.58. The van der Waals surface area contributed by atoms with Gasteiger partial charge >= 0.3 is 0 Å². The minimum atomic E-state index is -2.06. The van der Waals surface area contributed by atoms with Crippen molar-refractivity contribution in [2.75, 3.05) is 0 Å². The Balaban J connectivity index is 2.76. The number of halogens is 8. The van der Waals surface area contributed by atoms with E-state index in [1.54, 1.807) is 0 Å². The van der Waals surface area contributed by atoms with Gasteiger partial charge in [-0.1, -0.05) is 0 Å². The molecular weight excluding hydrogens is 486 g/mol. The van der Waals surface area contributed by atoms with Crippen molar-refractivity contribution >= 4 is 31.9 Å². The van der Waals surface area contributed by atoms with Gasteiger partial charge in [0.2, 0.25) is 23.1 Å². The quantitative estimate of drug-likeness (QED) is 0.412. The lowest BCUT2D eigenvalue weighted by Crippen LogP contribution is -2.06. The van der Waals surface area contributed by atoms with Crippen molar-refractivity contribution in [1.29, 1.82) is 10.5 Å². The summed E-state index contributed by atoms with van der Waals surface area (Å²) in [4.78, 5) is 0. The SMILES string of the molecule is N#Cc1c(F)c(F)c(Oc2c(F)c(F)c(C#N)c(Br)c2F)c(F)c1Br. The first kappa shape index (κ1) is 19.1. The molecule has 2 aromatic carbocycles. The molecular formula is C14Br2F6N2O. The van der Waals surface area contributed by atoms with Crippen LogP contribution >= 0.6 is 31.9 Å². The number of ether oxygens (including phenoxy) is 1. The molecule has 0 aliphatic heterocycles. The van der Waals surface area contributed by atoms with Crippen molar-refractivity contribution in [3.05, 3.63) is 55.0 Å². The Hall–Kier alpha value is -2.24. The van der Waals surface area contributed by atoms with Crippen LogP contribution < -0.4 is 4.74 Å². The van der Waals surface area contributed by atoms with Crippen LogP contribution in [0.25, 0.3) is 0 Å². The van der Waals surface area contributed by atoms with E-state index < -0.39 is 66.5 Å². The van der Waals surface area contributed by atoms with Gasteiger partial charge in [0.25, 0.3) is 0 Å². The van der Waals surface area contributed by atoms with Crippen molar-refractivity contribution in [3.8, 4) is 23.6 Å². The molecule has 25 heavy (non-hydrogen) atoms. The number of nitriles is 2. The van der Waals surface area contributed by atoms with Crippen LogP contribution in [-0.2, 0) is 0 Å². The smallest absolute Gasteiger partial charge is 0.205 e. The summed E-state index contributed by atoms with van der Waals surface area (Å²) in [5.74, 6) is -14.4. The second-order valence-corrected chi connectivity index (χ2v) is 5.83. The van der Waals surface area contributed by atoms with Crippen molar-refractivity contribution in [2.24, 2.45) is 0 Å². The van der Waals surface area contributed by atoms with Crippen LogP contribution in [0, 0.1) is 57.6 Å². The highest BCUT2D eigenvalue weighted by molar-refractivity contribution is 9.10. The molecule has 0 atom stereocenters. The lowest BCUT2D eigenvalue weighted by atomic mass is 10.2. The zero-order valence-electron chi connectivity index (χ0n) is 11.3. The van der Waals surface area contributed by atoms with E-state index >= 15 is 0 Å². The van der Waals surface area contributed by atoms with E-state index in [0.29, 0.717) is 0 Å². The van der Waals surface area contributed by atoms with Crippen LogP contribution in [0.5, 0.6) is 11.5 Å². The molecule has 2 aromatic rings. The molecule has 0 saturated heterocycles. The maximum atomic E-state index is 14.1. The van der Waals surface area contributed by atoms with Crippen molar-refractivity contribution in [3.63, 3.8) is 0 Å². The minimum absolute atomic E-state index is 0.863. The van der Waals surface area contributed by atoms with Gasteiger partial charge in [-0.3, -0.25) is 0 Å². The third kappa shape index (κ3) is 2.94. The van der Waals surface area contributed by atoms with Gasteiger partial charge in [-0.2, -0.15) is 19.3 Å². The molecule has 0 heterocycles. The van der Waals surface area contributed by atoms with E-state index in [2.05, 4.69) is 36.6 Å². The molecule has 0 radical (unpaired) electrons. The Morgan fingerprint density at radius 1 is 0.600 bits per heavy atom. The summed E-state index contributed by atoms with van der Waals surface area (Å²) in [7, 11) is 0. The molecule has 128 valence electrons. The molecule has 0 aromatic heterocycles. The number of benzene rings is 2. The fourth-order valence-electron chi connectivity index (χ4n) is 1.70. The van der Waals surface area contributed by atoms with Gasteiger partial charge in [0.15, 0.2) is 23.3 Å². The molecule has 0 aliphatic rings. The van der Waals surface area contributed by atoms with E-state index in [4.69, 9.17) is 10.5 Å². The molecule has 0 saturated carbocycles. The van der Waals surface area contributed by atoms with Crippen LogP contribution in [-0.4, -0.2) is 0 Å². The summed E-state index contributed by atoms with van der Waals surface area (Å²) in [6.45, 7) is 0. The van der Waals surface area contributed by atoms with Crippen LogP contribution in [0.4, 0.5) is 26.3 Å². The lowest BCUT2D eigenvalue weighted by molar-refractivity contribution is 0.342. The molecule has 0 bridgehead atoms. The minimum Gasteiger partial charge on any atom is -0.445 e. The van der Waals surface area contributed by atoms with E-state index in [-0.39, 0.29) is 0 Å². The molecule has 0 fully saturated rings. The predicted molar refractivity (Wildman–Crippen MR) is 77.5 cm³/mol. The van der Waals surface area contributed by atoms with Crippen LogP contribution in [0.3, 0.4) is 0 Å². The first-order valence-electron chi connectivity index (χ1n) is 5.87. The molecule has 0 amide bonds. The van der Waals surface area contributed by atoms with Gasteiger partial charge in [0.1, 0.15) is 23.3 Å². The van der Waals surface area contributed by atoms with Gasteiger partial charge in [-0.15, -0.1) is 0 Å². The number of hydrogen-bond acceptors (Lipinski definition) is 3. The Kier molecular flexibility index (Phi) is 5.30. The monoisotopic (exact) mass is 484 g/mol. The highest BCUT2D eigenvalue weighted by atomic mass is 79.9. The van der Waals surface area contributed by atoms with E-state index in [1.807, 2.05) is 0 Å². The Labute approximate surface area is 152 Å². The van der Waals surface area contributed by atoms with Gasteiger partial charge in [-0.05, 0) is 31.9 Å². The van der Waals surface area contributed by atoms with Gasteiger partial charge < -0.3 is 4.74 Å². The first-order valence-corrected chi connectivity index (χ1v) is 7.45. The molecule has 0 unspecified atom stereocenters. The third-order valence-electron chi connectivity index (χ3n) is 2.87. The summed E-state index contributed by atoms with van der Waals surface area (Å²) < 4.78 is 85.9. The van der Waals surface area contributed by atoms with E-state index in [0.717, 1.165) is 0 Å². The Bertz CT molecular complexity index is 859. The second kappa shape index (κ2) is 6.94. The standard InChI is InChI=1S/C14Br2F6N2O/c15-5-3(1-23)7(17)11(21)13(9(5)19)25-14-10(20)6(16)4(2-24)8(18)12(14)22. The fraction of sp³-hybridized carbons (Fsp3) is 0. The molecule has 0 N–H and O–H groups in total. The average Bonchev–Trinajstić information content (AvgIpc) is 2.59. The zero-order chi connectivity index (χ0) is 19.0. The van der Waals surface area contributed by atoms with Crippen LogP contribution in [0.2, 0.25) is 0 Å². The zero-order valence-corrected chi connectivity index (χ0v) is 14.5. The van der Waals surface area contributed by atoms with E-state index in [1.165, 1.54) is 12.1 Å². The Morgan fingerprint density at radius 2 is 0.920 bits per heavy atom. The summed E-state index contributed by atoms with van der Waals surface area (Å²) in [5, 5.41) is 17.3. The summed E-state index contributed by atoms with van der Waals surface area (Å²) >= 11 is 4.96. The van der Waals surface area contributed by atoms with E-state index in [9.17, 15) is 26.3 Å². The lowest BCUT2D eigenvalue weighted by Gasteiger charge is -2.13. The largest absolute Gasteiger partial charge is 0.445 e. The number of rotatable bonds is 2. The number of hydrogen-bond donors (Lipinski definition) is 0. The summed E-state index contributed by atoms with van der Waals surface area (Å²) in [6, 6.07) is 2.37. The van der Waals surface area contributed by atoms with Crippen molar-refractivity contribution < 1.29 is 31.1 Å². The van der Waals surface area contributed by atoms with Crippen molar-refractivity contribution in [1.82, 2.24) is 0 Å². The van der Waals surface area contributed by atoms with Gasteiger partial charge in [0.05, 0.1) is 8.95 Å². The summed E-state index contributed by atoms with van der Waals surface area (Å²) in [5.41, 5.74) is -2.09. The maximum absolute atomic E-state index is 14.1. The molecule has 0 spiro atoms. The summed E-state index contributed by atoms with van der Waals surface area (Å²) in [6.07, 6.45) is 0. The van der Waals surface area contributed by atoms with Gasteiger partial charge in [-0.25, -0.2) is 17.6 Å². The Morgan fingerprint density at radius 3 is 1.20 bits per heavy atom. The average molecular weight is 486 g/mol. The molecule has 11 heteroatoms. The molecule has 3 nitrogen and oxygen atoms in total. The molecule has 2 rings (SSSR count). The van der Waals surface area contributed by atoms with Crippen molar-refractivity contribution in [2.45, 2.75) is 0 Å². The fourth-order valence-corrected chi connectivity index (χ4v) is 2.59. The topological polar surface area (TPSA) is 56.8 Å². The normalized spacial score (nSPS) is 10.3. The third-order valence-corrected chi connectivity index (χ3v) is 4.36. The maximum Gasteiger partial charge on any atom is 0.205 e. The number of nitrogens with zero attached hydrogens (tertiary/aromatic N) is 2. The highest BCUT2D eigenvalue weighted by Crippen LogP contribution is 2.40. The molecule has 0 aliphatic carbocycles. The first-order chi connectivity index (χ1) is 11.7. The van der Waals surface area contributed by atoms with Crippen LogP contribution in [0.1, 0.15) is 11.1 Å². The van der Waals surface area contributed by atoms with Crippen LogP contribution in [0.15, 0.2) is 8.95 Å². The second-order valence-electron chi connectivity index (χ2n) is 4.25.